The summed E-state index contributed by atoms with van der Waals surface area (Å²) in [6, 6.07) is 7.78. The molecule has 2 aromatic rings. The minimum atomic E-state index is -0.157. The van der Waals surface area contributed by atoms with Crippen molar-refractivity contribution in [3.05, 3.63) is 50.8 Å². The zero-order chi connectivity index (χ0) is 17.3. The van der Waals surface area contributed by atoms with E-state index in [1.807, 2.05) is 25.1 Å². The number of hydrogen-bond acceptors (Lipinski definition) is 3. The number of carbonyl (C=O) groups excluding carboxylic acids is 1. The lowest BCUT2D eigenvalue weighted by atomic mass is 10.1. The molecule has 1 unspecified atom stereocenters. The van der Waals surface area contributed by atoms with E-state index in [-0.39, 0.29) is 5.91 Å². The first-order valence-corrected chi connectivity index (χ1v) is 9.16. The Balaban J connectivity index is 1.57. The van der Waals surface area contributed by atoms with Crippen molar-refractivity contribution >= 4 is 39.1 Å². The lowest BCUT2D eigenvalue weighted by Gasteiger charge is -2.21. The first-order chi connectivity index (χ1) is 11.4. The second-order valence-electron chi connectivity index (χ2n) is 6.30. The Morgan fingerprint density at radius 1 is 1.38 bits per heavy atom. The van der Waals surface area contributed by atoms with Crippen LogP contribution in [0.3, 0.4) is 0 Å². The number of benzene rings is 1. The fourth-order valence-corrected chi connectivity index (χ4v) is 3.80. The lowest BCUT2D eigenvalue weighted by Crippen LogP contribution is -2.31. The van der Waals surface area contributed by atoms with E-state index in [9.17, 15) is 4.79 Å². The van der Waals surface area contributed by atoms with Gasteiger partial charge in [-0.2, -0.15) is 0 Å². The molecule has 1 aromatic heterocycles. The van der Waals surface area contributed by atoms with Crippen LogP contribution in [0.25, 0.3) is 0 Å². The molecule has 1 fully saturated rings. The number of rotatable bonds is 4. The second-order valence-corrected chi connectivity index (χ2v) is 7.52. The summed E-state index contributed by atoms with van der Waals surface area (Å²) in [5.41, 5.74) is 3.24. The molecule has 2 heterocycles. The molecule has 0 saturated carbocycles. The zero-order valence-electron chi connectivity index (χ0n) is 13.7. The monoisotopic (exact) mass is 410 g/mol. The van der Waals surface area contributed by atoms with Crippen molar-refractivity contribution in [1.82, 2.24) is 5.32 Å². The summed E-state index contributed by atoms with van der Waals surface area (Å²) in [6.45, 7) is 6.50. The number of amides is 1. The quantitative estimate of drug-likeness (QED) is 0.801. The number of hydrogen-bond donors (Lipinski definition) is 1. The maximum atomic E-state index is 12.2. The van der Waals surface area contributed by atoms with E-state index in [4.69, 9.17) is 16.0 Å². The highest BCUT2D eigenvalue weighted by atomic mass is 79.9. The summed E-state index contributed by atoms with van der Waals surface area (Å²) in [5, 5.41) is 3.74. The first-order valence-electron chi connectivity index (χ1n) is 7.99. The Morgan fingerprint density at radius 3 is 2.88 bits per heavy atom. The van der Waals surface area contributed by atoms with Crippen LogP contribution in [0, 0.1) is 19.8 Å². The van der Waals surface area contributed by atoms with E-state index in [2.05, 4.69) is 33.1 Å². The van der Waals surface area contributed by atoms with Gasteiger partial charge < -0.3 is 14.6 Å². The average Bonchev–Trinajstić information content (AvgIpc) is 3.13. The normalized spacial score (nSPS) is 17.3. The van der Waals surface area contributed by atoms with Crippen LogP contribution in [0.1, 0.15) is 28.1 Å². The largest absolute Gasteiger partial charge is 0.444 e. The Kier molecular flexibility index (Phi) is 5.21. The number of furan rings is 1. The van der Waals surface area contributed by atoms with Crippen LogP contribution >= 0.6 is 27.5 Å². The van der Waals surface area contributed by atoms with E-state index in [1.54, 1.807) is 6.07 Å². The van der Waals surface area contributed by atoms with Gasteiger partial charge in [0.05, 0.1) is 0 Å². The highest BCUT2D eigenvalue weighted by molar-refractivity contribution is 9.10. The molecule has 128 valence electrons. The predicted molar refractivity (Wildman–Crippen MR) is 100.0 cm³/mol. The van der Waals surface area contributed by atoms with Gasteiger partial charge in [0, 0.05) is 35.9 Å². The Hall–Kier alpha value is -1.46. The molecule has 1 aromatic carbocycles. The smallest absolute Gasteiger partial charge is 0.287 e. The molecule has 1 amide bonds. The van der Waals surface area contributed by atoms with Crippen LogP contribution in [-0.2, 0) is 0 Å². The molecule has 1 aliphatic heterocycles. The molecule has 0 aliphatic carbocycles. The minimum absolute atomic E-state index is 0.157. The van der Waals surface area contributed by atoms with Crippen LogP contribution in [0.2, 0.25) is 5.02 Å². The van der Waals surface area contributed by atoms with Crippen LogP contribution in [0.5, 0.6) is 0 Å². The van der Waals surface area contributed by atoms with Gasteiger partial charge in [0.15, 0.2) is 10.4 Å². The molecule has 6 heteroatoms. The van der Waals surface area contributed by atoms with Crippen molar-refractivity contribution in [2.45, 2.75) is 20.3 Å². The summed E-state index contributed by atoms with van der Waals surface area (Å²) < 4.78 is 5.97. The van der Waals surface area contributed by atoms with E-state index in [1.165, 1.54) is 11.3 Å². The van der Waals surface area contributed by atoms with Gasteiger partial charge >= 0.3 is 0 Å². The van der Waals surface area contributed by atoms with Crippen molar-refractivity contribution in [3.8, 4) is 0 Å². The third kappa shape index (κ3) is 3.78. The highest BCUT2D eigenvalue weighted by Crippen LogP contribution is 2.29. The van der Waals surface area contributed by atoms with Gasteiger partial charge in [0.25, 0.3) is 5.91 Å². The topological polar surface area (TPSA) is 45.5 Å². The molecule has 3 rings (SSSR count). The van der Waals surface area contributed by atoms with Gasteiger partial charge in [-0.05, 0) is 65.9 Å². The standard InChI is InChI=1S/C18H20BrClN2O2/c1-11-3-4-14(20)8-15(11)22-6-5-13(10-22)9-21-18(23)17-12(2)7-16(19)24-17/h3-4,7-8,13H,5-6,9-10H2,1-2H3,(H,21,23). The number of halogens is 2. The molecule has 0 bridgehead atoms. The maximum Gasteiger partial charge on any atom is 0.287 e. The van der Waals surface area contributed by atoms with Crippen molar-refractivity contribution in [3.63, 3.8) is 0 Å². The SMILES string of the molecule is Cc1ccc(Cl)cc1N1CCC(CNC(=O)c2oc(Br)cc2C)C1. The third-order valence-electron chi connectivity index (χ3n) is 4.44. The minimum Gasteiger partial charge on any atom is -0.444 e. The van der Waals surface area contributed by atoms with E-state index in [0.717, 1.165) is 30.1 Å². The first kappa shape index (κ1) is 17.4. The molecule has 1 saturated heterocycles. The van der Waals surface area contributed by atoms with Crippen LogP contribution in [-0.4, -0.2) is 25.5 Å². The van der Waals surface area contributed by atoms with E-state index >= 15 is 0 Å². The van der Waals surface area contributed by atoms with Crippen LogP contribution in [0.15, 0.2) is 33.4 Å². The molecule has 24 heavy (non-hydrogen) atoms. The van der Waals surface area contributed by atoms with Gasteiger partial charge in [0.2, 0.25) is 0 Å². The summed E-state index contributed by atoms with van der Waals surface area (Å²) in [7, 11) is 0. The summed E-state index contributed by atoms with van der Waals surface area (Å²) in [4.78, 5) is 14.6. The third-order valence-corrected chi connectivity index (χ3v) is 5.07. The Morgan fingerprint density at radius 2 is 2.17 bits per heavy atom. The number of nitrogens with one attached hydrogen (secondary N) is 1. The lowest BCUT2D eigenvalue weighted by molar-refractivity contribution is 0.0918. The van der Waals surface area contributed by atoms with Crippen LogP contribution in [0.4, 0.5) is 5.69 Å². The van der Waals surface area contributed by atoms with Crippen molar-refractivity contribution < 1.29 is 9.21 Å². The Bertz CT molecular complexity index is 759. The fourth-order valence-electron chi connectivity index (χ4n) is 3.13. The van der Waals surface area contributed by atoms with Crippen molar-refractivity contribution in [2.75, 3.05) is 24.5 Å². The molecular weight excluding hydrogens is 392 g/mol. The number of carbonyl (C=O) groups is 1. The summed E-state index contributed by atoms with van der Waals surface area (Å²) in [6.07, 6.45) is 1.05. The zero-order valence-corrected chi connectivity index (χ0v) is 16.1. The fraction of sp³-hybridized carbons (Fsp3) is 0.389. The van der Waals surface area contributed by atoms with E-state index < -0.39 is 0 Å². The molecule has 4 nitrogen and oxygen atoms in total. The van der Waals surface area contributed by atoms with Gasteiger partial charge in [0.1, 0.15) is 0 Å². The molecule has 1 N–H and O–H groups in total. The molecule has 1 aliphatic rings. The molecule has 0 spiro atoms. The van der Waals surface area contributed by atoms with Gasteiger partial charge in [-0.1, -0.05) is 17.7 Å². The summed E-state index contributed by atoms with van der Waals surface area (Å²) >= 11 is 9.37. The predicted octanol–water partition coefficient (Wildman–Crippen LogP) is 4.57. The number of nitrogens with zero attached hydrogens (tertiary/aromatic N) is 1. The Labute approximate surface area is 155 Å². The van der Waals surface area contributed by atoms with Gasteiger partial charge in [-0.15, -0.1) is 0 Å². The molecule has 0 radical (unpaired) electrons. The molecule has 1 atom stereocenters. The summed E-state index contributed by atoms with van der Waals surface area (Å²) in [5.74, 6) is 0.643. The molecular formula is C18H20BrClN2O2. The maximum absolute atomic E-state index is 12.2. The van der Waals surface area contributed by atoms with E-state index in [0.29, 0.717) is 22.9 Å². The average molecular weight is 412 g/mol. The van der Waals surface area contributed by atoms with Crippen molar-refractivity contribution in [2.24, 2.45) is 5.92 Å². The number of aryl methyl sites for hydroxylation is 2. The van der Waals surface area contributed by atoms with Crippen LogP contribution < -0.4 is 10.2 Å². The van der Waals surface area contributed by atoms with Crippen molar-refractivity contribution in [1.29, 1.82) is 0 Å². The number of anilines is 1. The van der Waals surface area contributed by atoms with Gasteiger partial charge in [-0.25, -0.2) is 0 Å². The second kappa shape index (κ2) is 7.19. The highest BCUT2D eigenvalue weighted by Gasteiger charge is 2.25. The van der Waals surface area contributed by atoms with Gasteiger partial charge in [-0.3, -0.25) is 4.79 Å².